The molecule has 2 atom stereocenters. The summed E-state index contributed by atoms with van der Waals surface area (Å²) in [5, 5.41) is 9.14. The molecule has 0 spiro atoms. The van der Waals surface area contributed by atoms with Crippen LogP contribution in [0.1, 0.15) is 26.2 Å². The van der Waals surface area contributed by atoms with E-state index in [4.69, 9.17) is 5.11 Å². The summed E-state index contributed by atoms with van der Waals surface area (Å²) in [5.74, 6) is 0.465. The van der Waals surface area contributed by atoms with Crippen molar-refractivity contribution in [1.82, 2.24) is 0 Å². The fourth-order valence-electron chi connectivity index (χ4n) is 1.33. The van der Waals surface area contributed by atoms with Crippen molar-refractivity contribution >= 4 is 5.78 Å². The molecule has 0 aromatic rings. The molecule has 1 saturated carbocycles. The monoisotopic (exact) mass is 128 g/mol. The van der Waals surface area contributed by atoms with Crippen molar-refractivity contribution in [1.29, 1.82) is 0 Å². The predicted octanol–water partition coefficient (Wildman–Crippen LogP) is 0.736. The molecule has 52 valence electrons. The van der Waals surface area contributed by atoms with Crippen LogP contribution in [0.25, 0.3) is 0 Å². The number of aliphatic hydroxyl groups is 1. The topological polar surface area (TPSA) is 37.3 Å². The quantitative estimate of drug-likeness (QED) is 0.565. The molecule has 0 aromatic heterocycles. The van der Waals surface area contributed by atoms with Crippen LogP contribution in [0.15, 0.2) is 0 Å². The number of Topliss-reactive ketones (excluding diaryl/α,β-unsaturated/α-hetero) is 1. The highest BCUT2D eigenvalue weighted by atomic mass is 16.3. The number of carbonyl (C=O) groups excluding carboxylic acids is 1. The van der Waals surface area contributed by atoms with Crippen LogP contribution in [0, 0.1) is 5.92 Å². The van der Waals surface area contributed by atoms with Crippen LogP contribution in [0.4, 0.5) is 0 Å². The van der Waals surface area contributed by atoms with Crippen LogP contribution in [-0.4, -0.2) is 17.0 Å². The Kier molecular flexibility index (Phi) is 1.86. The van der Waals surface area contributed by atoms with Crippen LogP contribution in [0.5, 0.6) is 0 Å². The van der Waals surface area contributed by atoms with Gasteiger partial charge in [0.2, 0.25) is 0 Å². The first-order valence-electron chi connectivity index (χ1n) is 3.43. The first-order valence-corrected chi connectivity index (χ1v) is 3.43. The lowest BCUT2D eigenvalue weighted by molar-refractivity contribution is -0.117. The van der Waals surface area contributed by atoms with E-state index in [-0.39, 0.29) is 17.8 Å². The maximum Gasteiger partial charge on any atom is 0.135 e. The van der Waals surface area contributed by atoms with Crippen molar-refractivity contribution in [3.05, 3.63) is 0 Å². The normalized spacial score (nSPS) is 35.6. The Morgan fingerprint density at radius 1 is 1.67 bits per heavy atom. The third-order valence-electron chi connectivity index (χ3n) is 2.00. The van der Waals surface area contributed by atoms with Crippen molar-refractivity contribution in [3.8, 4) is 0 Å². The summed E-state index contributed by atoms with van der Waals surface area (Å²) < 4.78 is 0. The number of hydrogen-bond acceptors (Lipinski definition) is 2. The Labute approximate surface area is 54.9 Å². The molecule has 0 bridgehead atoms. The molecule has 0 aromatic carbocycles. The van der Waals surface area contributed by atoms with Crippen molar-refractivity contribution in [2.75, 3.05) is 0 Å². The molecule has 1 aliphatic carbocycles. The van der Waals surface area contributed by atoms with Crippen molar-refractivity contribution in [3.63, 3.8) is 0 Å². The maximum atomic E-state index is 10.7. The number of hydrogen-bond donors (Lipinski definition) is 1. The molecule has 0 radical (unpaired) electrons. The van der Waals surface area contributed by atoms with Gasteiger partial charge in [-0.3, -0.25) is 4.79 Å². The lowest BCUT2D eigenvalue weighted by atomic mass is 10.0. The van der Waals surface area contributed by atoms with Gasteiger partial charge in [-0.1, -0.05) is 13.3 Å². The van der Waals surface area contributed by atoms with Gasteiger partial charge < -0.3 is 5.11 Å². The summed E-state index contributed by atoms with van der Waals surface area (Å²) in [6, 6.07) is 0. The van der Waals surface area contributed by atoms with E-state index in [2.05, 4.69) is 0 Å². The highest BCUT2D eigenvalue weighted by Gasteiger charge is 2.29. The number of ketones is 1. The zero-order chi connectivity index (χ0) is 6.85. The minimum Gasteiger partial charge on any atom is -0.392 e. The van der Waals surface area contributed by atoms with Gasteiger partial charge in [0.15, 0.2) is 0 Å². The summed E-state index contributed by atoms with van der Waals surface area (Å²) in [5.41, 5.74) is 0. The molecular formula is C7H12O2. The van der Waals surface area contributed by atoms with Gasteiger partial charge in [-0.2, -0.15) is 0 Å². The highest BCUT2D eigenvalue weighted by Crippen LogP contribution is 2.24. The van der Waals surface area contributed by atoms with Gasteiger partial charge in [-0.25, -0.2) is 0 Å². The summed E-state index contributed by atoms with van der Waals surface area (Å²) in [4.78, 5) is 10.7. The van der Waals surface area contributed by atoms with Crippen LogP contribution >= 0.6 is 0 Å². The summed E-state index contributed by atoms with van der Waals surface area (Å²) in [7, 11) is 0. The van der Waals surface area contributed by atoms with Gasteiger partial charge in [0, 0.05) is 12.8 Å². The standard InChI is InChI=1S/C7H12O2/c1-2-5-3-6(8)4-7(5)9/h5,7,9H,2-4H2,1H3/t5-,7-/m1/s1. The number of rotatable bonds is 1. The summed E-state index contributed by atoms with van der Waals surface area (Å²) in [6.07, 6.45) is 1.56. The Hall–Kier alpha value is -0.370. The van der Waals surface area contributed by atoms with E-state index in [1.54, 1.807) is 0 Å². The van der Waals surface area contributed by atoms with Crippen molar-refractivity contribution in [2.24, 2.45) is 5.92 Å². The Morgan fingerprint density at radius 3 is 2.56 bits per heavy atom. The van der Waals surface area contributed by atoms with E-state index in [1.807, 2.05) is 6.92 Å². The fourth-order valence-corrected chi connectivity index (χ4v) is 1.33. The lowest BCUT2D eigenvalue weighted by Gasteiger charge is -2.08. The molecule has 9 heavy (non-hydrogen) atoms. The zero-order valence-electron chi connectivity index (χ0n) is 5.63. The third-order valence-corrected chi connectivity index (χ3v) is 2.00. The first kappa shape index (κ1) is 6.75. The largest absolute Gasteiger partial charge is 0.392 e. The molecule has 2 heteroatoms. The Bertz CT molecular complexity index is 120. The molecular weight excluding hydrogens is 116 g/mol. The van der Waals surface area contributed by atoms with E-state index in [1.165, 1.54) is 0 Å². The van der Waals surface area contributed by atoms with E-state index < -0.39 is 0 Å². The molecule has 0 aliphatic heterocycles. The second-order valence-corrected chi connectivity index (χ2v) is 2.68. The lowest BCUT2D eigenvalue weighted by Crippen LogP contribution is -2.11. The van der Waals surface area contributed by atoms with E-state index >= 15 is 0 Å². The molecule has 0 amide bonds. The van der Waals surface area contributed by atoms with Crippen LogP contribution in [0.2, 0.25) is 0 Å². The van der Waals surface area contributed by atoms with E-state index in [0.29, 0.717) is 12.8 Å². The molecule has 1 N–H and O–H groups in total. The minimum absolute atomic E-state index is 0.217. The average Bonchev–Trinajstić information content (AvgIpc) is 2.10. The molecule has 1 aliphatic rings. The fraction of sp³-hybridized carbons (Fsp3) is 0.857. The third kappa shape index (κ3) is 1.30. The Morgan fingerprint density at radius 2 is 2.33 bits per heavy atom. The van der Waals surface area contributed by atoms with Gasteiger partial charge in [-0.05, 0) is 5.92 Å². The van der Waals surface area contributed by atoms with E-state index in [0.717, 1.165) is 6.42 Å². The van der Waals surface area contributed by atoms with Crippen molar-refractivity contribution < 1.29 is 9.90 Å². The minimum atomic E-state index is -0.345. The summed E-state index contributed by atoms with van der Waals surface area (Å²) >= 11 is 0. The summed E-state index contributed by atoms with van der Waals surface area (Å²) in [6.45, 7) is 2.01. The molecule has 1 rings (SSSR count). The second kappa shape index (κ2) is 2.48. The van der Waals surface area contributed by atoms with Gasteiger partial charge in [0.1, 0.15) is 5.78 Å². The predicted molar refractivity (Wildman–Crippen MR) is 34.0 cm³/mol. The number of carbonyl (C=O) groups is 1. The molecule has 1 fully saturated rings. The smallest absolute Gasteiger partial charge is 0.135 e. The van der Waals surface area contributed by atoms with Gasteiger partial charge in [0.05, 0.1) is 6.10 Å². The molecule has 0 saturated heterocycles. The Balaban J connectivity index is 2.47. The van der Waals surface area contributed by atoms with Crippen LogP contribution in [-0.2, 0) is 4.79 Å². The van der Waals surface area contributed by atoms with E-state index in [9.17, 15) is 4.79 Å². The van der Waals surface area contributed by atoms with Crippen LogP contribution in [0.3, 0.4) is 0 Å². The van der Waals surface area contributed by atoms with Crippen molar-refractivity contribution in [2.45, 2.75) is 32.3 Å². The molecule has 2 nitrogen and oxygen atoms in total. The maximum absolute atomic E-state index is 10.7. The van der Waals surface area contributed by atoms with Gasteiger partial charge >= 0.3 is 0 Å². The average molecular weight is 128 g/mol. The van der Waals surface area contributed by atoms with Gasteiger partial charge in [-0.15, -0.1) is 0 Å². The highest BCUT2D eigenvalue weighted by molar-refractivity contribution is 5.81. The van der Waals surface area contributed by atoms with Gasteiger partial charge in [0.25, 0.3) is 0 Å². The molecule has 0 unspecified atom stereocenters. The molecule has 0 heterocycles. The van der Waals surface area contributed by atoms with Crippen LogP contribution < -0.4 is 0 Å². The first-order chi connectivity index (χ1) is 4.24. The number of aliphatic hydroxyl groups excluding tert-OH is 1. The zero-order valence-corrected chi connectivity index (χ0v) is 5.63. The second-order valence-electron chi connectivity index (χ2n) is 2.68. The SMILES string of the molecule is CC[C@@H]1CC(=O)C[C@H]1O.